The average molecular weight is 327 g/mol. The van der Waals surface area contributed by atoms with Gasteiger partial charge in [0.25, 0.3) is 0 Å². The van der Waals surface area contributed by atoms with E-state index in [1.54, 1.807) is 0 Å². The summed E-state index contributed by atoms with van der Waals surface area (Å²) in [5.74, 6) is 0. The molecule has 1 fully saturated rings. The molecule has 0 N–H and O–H groups in total. The highest BCUT2D eigenvalue weighted by atomic mass is 28.3. The summed E-state index contributed by atoms with van der Waals surface area (Å²) in [5.41, 5.74) is 7.28. The Hall–Kier alpha value is -0.0862. The molecule has 1 aliphatic rings. The van der Waals surface area contributed by atoms with E-state index in [0.717, 1.165) is 26.1 Å². The quantitative estimate of drug-likeness (QED) is 0.532. The van der Waals surface area contributed by atoms with Crippen molar-refractivity contribution in [2.75, 3.05) is 13.2 Å². The van der Waals surface area contributed by atoms with Gasteiger partial charge < -0.3 is 9.47 Å². The zero-order valence-electron chi connectivity index (χ0n) is 15.1. The fourth-order valence-corrected chi connectivity index (χ4v) is 5.93. The first-order valence-electron chi connectivity index (χ1n) is 8.31. The van der Waals surface area contributed by atoms with E-state index in [0.29, 0.717) is 0 Å². The summed E-state index contributed by atoms with van der Waals surface area (Å²) >= 11 is 0. The molecule has 0 aromatic rings. The summed E-state index contributed by atoms with van der Waals surface area (Å²) < 4.78 is 11.6. The minimum absolute atomic E-state index is 0.0346. The maximum absolute atomic E-state index is 5.92. The lowest BCUT2D eigenvalue weighted by atomic mass is 10.1. The normalized spacial score (nSPS) is 20.8. The van der Waals surface area contributed by atoms with Crippen LogP contribution in [0.1, 0.15) is 39.5 Å². The van der Waals surface area contributed by atoms with Crippen LogP contribution in [0.25, 0.3) is 0 Å². The van der Waals surface area contributed by atoms with Gasteiger partial charge in [0.1, 0.15) is 16.1 Å². The molecule has 1 atom stereocenters. The maximum Gasteiger partial charge on any atom is 0.157 e. The van der Waals surface area contributed by atoms with Crippen LogP contribution in [-0.4, -0.2) is 35.7 Å². The van der Waals surface area contributed by atoms with Crippen LogP contribution in [0, 0.1) is 11.1 Å². The summed E-state index contributed by atoms with van der Waals surface area (Å²) in [6, 6.07) is 0. The van der Waals surface area contributed by atoms with Gasteiger partial charge in [-0.2, -0.15) is 0 Å². The third-order valence-electron chi connectivity index (χ3n) is 4.61. The van der Waals surface area contributed by atoms with E-state index < -0.39 is 16.1 Å². The topological polar surface area (TPSA) is 18.5 Å². The molecule has 0 radical (unpaired) electrons. The van der Waals surface area contributed by atoms with Gasteiger partial charge in [-0.15, -0.1) is 11.1 Å². The van der Waals surface area contributed by atoms with E-state index >= 15 is 0 Å². The number of hydrogen-bond acceptors (Lipinski definition) is 2. The first-order valence-corrected chi connectivity index (χ1v) is 14.8. The Bertz CT molecular complexity index is 380. The number of rotatable bonds is 5. The van der Waals surface area contributed by atoms with Crippen LogP contribution in [0.2, 0.25) is 37.8 Å². The van der Waals surface area contributed by atoms with Crippen LogP contribution in [0.15, 0.2) is 0 Å². The highest BCUT2D eigenvalue weighted by molar-refractivity contribution is 6.91. The summed E-state index contributed by atoms with van der Waals surface area (Å²) in [6.07, 6.45) is 4.57. The van der Waals surface area contributed by atoms with Gasteiger partial charge in [0.2, 0.25) is 0 Å². The minimum atomic E-state index is -1.57. The van der Waals surface area contributed by atoms with Crippen molar-refractivity contribution in [2.45, 2.75) is 83.6 Å². The lowest BCUT2D eigenvalue weighted by Crippen LogP contribution is -2.39. The number of ether oxygens (including phenoxy) is 2. The SMILES string of the molecule is CC(C)(CCOC1CCCCO1)[Si](C)(C)C#C[Si](C)(C)C. The summed E-state index contributed by atoms with van der Waals surface area (Å²) in [6.45, 7) is 18.1. The molecule has 122 valence electrons. The molecule has 2 nitrogen and oxygen atoms in total. The largest absolute Gasteiger partial charge is 0.353 e. The summed E-state index contributed by atoms with van der Waals surface area (Å²) in [4.78, 5) is 0. The molecule has 1 aliphatic heterocycles. The molecule has 21 heavy (non-hydrogen) atoms. The van der Waals surface area contributed by atoms with Crippen molar-refractivity contribution in [1.29, 1.82) is 0 Å². The van der Waals surface area contributed by atoms with Gasteiger partial charge >= 0.3 is 0 Å². The van der Waals surface area contributed by atoms with Gasteiger partial charge in [-0.05, 0) is 30.7 Å². The zero-order valence-corrected chi connectivity index (χ0v) is 17.1. The van der Waals surface area contributed by atoms with E-state index in [2.05, 4.69) is 57.7 Å². The van der Waals surface area contributed by atoms with Crippen LogP contribution >= 0.6 is 0 Å². The van der Waals surface area contributed by atoms with Gasteiger partial charge in [-0.1, -0.05) is 46.6 Å². The van der Waals surface area contributed by atoms with Gasteiger partial charge in [-0.25, -0.2) is 0 Å². The second kappa shape index (κ2) is 7.45. The Morgan fingerprint density at radius 1 is 1.10 bits per heavy atom. The van der Waals surface area contributed by atoms with Gasteiger partial charge in [0.15, 0.2) is 6.29 Å². The molecule has 0 amide bonds. The molecule has 1 saturated heterocycles. The highest BCUT2D eigenvalue weighted by Gasteiger charge is 2.38. The maximum atomic E-state index is 5.92. The van der Waals surface area contributed by atoms with E-state index in [1.165, 1.54) is 12.8 Å². The molecule has 0 saturated carbocycles. The Balaban J connectivity index is 2.51. The van der Waals surface area contributed by atoms with Crippen LogP contribution in [0.3, 0.4) is 0 Å². The monoisotopic (exact) mass is 326 g/mol. The van der Waals surface area contributed by atoms with E-state index in [-0.39, 0.29) is 11.3 Å². The van der Waals surface area contributed by atoms with Crippen LogP contribution < -0.4 is 0 Å². The smallest absolute Gasteiger partial charge is 0.157 e. The predicted octanol–water partition coefficient (Wildman–Crippen LogP) is 4.83. The fourth-order valence-electron chi connectivity index (χ4n) is 2.11. The van der Waals surface area contributed by atoms with Crippen molar-refractivity contribution in [3.05, 3.63) is 0 Å². The molecule has 1 rings (SSSR count). The second-order valence-electron chi connectivity index (χ2n) is 8.43. The van der Waals surface area contributed by atoms with Gasteiger partial charge in [0, 0.05) is 13.2 Å². The second-order valence-corrected chi connectivity index (χ2v) is 18.0. The highest BCUT2D eigenvalue weighted by Crippen LogP contribution is 2.40. The third-order valence-corrected chi connectivity index (χ3v) is 10.1. The van der Waals surface area contributed by atoms with Crippen LogP contribution in [-0.2, 0) is 9.47 Å². The summed E-state index contributed by atoms with van der Waals surface area (Å²) in [5, 5.41) is 0.272. The fraction of sp³-hybridized carbons (Fsp3) is 0.882. The molecular weight excluding hydrogens is 292 g/mol. The molecular formula is C17H34O2Si2. The van der Waals surface area contributed by atoms with E-state index in [9.17, 15) is 0 Å². The molecule has 1 heterocycles. The van der Waals surface area contributed by atoms with Crippen molar-refractivity contribution < 1.29 is 9.47 Å². The van der Waals surface area contributed by atoms with Crippen molar-refractivity contribution >= 4 is 16.1 Å². The Kier molecular flexibility index (Phi) is 6.73. The van der Waals surface area contributed by atoms with Gasteiger partial charge in [0.05, 0.1) is 0 Å². The third kappa shape index (κ3) is 6.69. The molecule has 0 spiro atoms. The van der Waals surface area contributed by atoms with E-state index in [1.807, 2.05) is 0 Å². The van der Waals surface area contributed by atoms with Crippen LogP contribution in [0.4, 0.5) is 0 Å². The Labute approximate surface area is 134 Å². The summed E-state index contributed by atoms with van der Waals surface area (Å²) in [7, 11) is -2.86. The van der Waals surface area contributed by atoms with Crippen molar-refractivity contribution in [3.8, 4) is 11.1 Å². The average Bonchev–Trinajstić information content (AvgIpc) is 2.36. The van der Waals surface area contributed by atoms with Crippen molar-refractivity contribution in [2.24, 2.45) is 0 Å². The van der Waals surface area contributed by atoms with E-state index in [4.69, 9.17) is 9.47 Å². The molecule has 0 bridgehead atoms. The number of hydrogen-bond donors (Lipinski definition) is 0. The zero-order chi connectivity index (χ0) is 16.1. The molecule has 0 aromatic heterocycles. The molecule has 1 unspecified atom stereocenters. The predicted molar refractivity (Wildman–Crippen MR) is 96.8 cm³/mol. The minimum Gasteiger partial charge on any atom is -0.353 e. The van der Waals surface area contributed by atoms with Crippen LogP contribution in [0.5, 0.6) is 0 Å². The first kappa shape index (κ1) is 19.0. The van der Waals surface area contributed by atoms with Crippen molar-refractivity contribution in [1.82, 2.24) is 0 Å². The van der Waals surface area contributed by atoms with Crippen molar-refractivity contribution in [3.63, 3.8) is 0 Å². The van der Waals surface area contributed by atoms with Gasteiger partial charge in [-0.3, -0.25) is 0 Å². The first-order chi connectivity index (χ1) is 9.54. The molecule has 0 aliphatic carbocycles. The molecule has 4 heteroatoms. The Morgan fingerprint density at radius 2 is 1.76 bits per heavy atom. The molecule has 0 aromatic carbocycles. The Morgan fingerprint density at radius 3 is 2.29 bits per heavy atom. The standard InChI is InChI=1S/C17H34O2Si2/c1-17(2,21(6,7)15-14-20(3,4)5)11-13-19-16-10-8-9-12-18-16/h16H,8-13H2,1-7H3. The lowest BCUT2D eigenvalue weighted by molar-refractivity contribution is -0.163. The lowest BCUT2D eigenvalue weighted by Gasteiger charge is -2.36.